The van der Waals surface area contributed by atoms with Crippen LogP contribution in [0.5, 0.6) is 0 Å². The van der Waals surface area contributed by atoms with Crippen molar-refractivity contribution in [1.29, 1.82) is 0 Å². The second-order valence-electron chi connectivity index (χ2n) is 5.62. The third kappa shape index (κ3) is 5.18. The molecule has 0 bridgehead atoms. The minimum absolute atomic E-state index is 0.267. The van der Waals surface area contributed by atoms with Crippen LogP contribution in [0, 0.1) is 5.41 Å². The van der Waals surface area contributed by atoms with Crippen molar-refractivity contribution < 1.29 is 9.59 Å². The van der Waals surface area contributed by atoms with Gasteiger partial charge >= 0.3 is 0 Å². The molecule has 0 fully saturated rings. The van der Waals surface area contributed by atoms with Crippen LogP contribution in [-0.2, 0) is 16.0 Å². The van der Waals surface area contributed by atoms with E-state index >= 15 is 0 Å². The van der Waals surface area contributed by atoms with Crippen molar-refractivity contribution in [2.45, 2.75) is 33.6 Å². The van der Waals surface area contributed by atoms with E-state index in [-0.39, 0.29) is 11.8 Å². The Kier molecular flexibility index (Phi) is 7.17. The Morgan fingerprint density at radius 3 is 2.23 bits per heavy atom. The molecule has 6 heteroatoms. The summed E-state index contributed by atoms with van der Waals surface area (Å²) in [6.45, 7) is 6.16. The van der Waals surface area contributed by atoms with Crippen LogP contribution in [0.3, 0.4) is 0 Å². The van der Waals surface area contributed by atoms with Crippen molar-refractivity contribution in [3.63, 3.8) is 0 Å². The highest BCUT2D eigenvalue weighted by atomic mass is 35.5. The van der Waals surface area contributed by atoms with Crippen molar-refractivity contribution in [3.05, 3.63) is 33.8 Å². The maximum absolute atomic E-state index is 12.2. The zero-order valence-electron chi connectivity index (χ0n) is 13.1. The number of benzene rings is 1. The average Bonchev–Trinajstić information content (AvgIpc) is 2.46. The third-order valence-electron chi connectivity index (χ3n) is 3.37. The molecule has 0 spiro atoms. The van der Waals surface area contributed by atoms with Gasteiger partial charge in [0.15, 0.2) is 0 Å². The number of amides is 2. The first-order chi connectivity index (χ1) is 10.3. The molecule has 0 atom stereocenters. The van der Waals surface area contributed by atoms with Crippen LogP contribution >= 0.6 is 23.2 Å². The summed E-state index contributed by atoms with van der Waals surface area (Å²) in [5, 5.41) is 6.67. The minimum atomic E-state index is -1.10. The quantitative estimate of drug-likeness (QED) is 0.746. The lowest BCUT2D eigenvalue weighted by atomic mass is 9.91. The molecule has 1 aromatic rings. The summed E-state index contributed by atoms with van der Waals surface area (Å²) in [5.74, 6) is -0.567. The predicted molar refractivity (Wildman–Crippen MR) is 90.3 cm³/mol. The number of hydrogen-bond donors (Lipinski definition) is 2. The molecule has 1 aromatic carbocycles. The van der Waals surface area contributed by atoms with Gasteiger partial charge in [-0.1, -0.05) is 36.2 Å². The molecule has 0 saturated carbocycles. The van der Waals surface area contributed by atoms with Gasteiger partial charge < -0.3 is 10.6 Å². The Morgan fingerprint density at radius 2 is 1.68 bits per heavy atom. The van der Waals surface area contributed by atoms with Crippen LogP contribution in [0.25, 0.3) is 0 Å². The van der Waals surface area contributed by atoms with Gasteiger partial charge in [-0.15, -0.1) is 0 Å². The molecular formula is C16H22Cl2N2O2. The van der Waals surface area contributed by atoms with Crippen molar-refractivity contribution in [2.75, 3.05) is 13.1 Å². The molecule has 1 rings (SSSR count). The molecule has 2 amide bonds. The smallest absolute Gasteiger partial charge is 0.235 e. The Hall–Kier alpha value is -1.26. The first-order valence-electron chi connectivity index (χ1n) is 7.29. The summed E-state index contributed by atoms with van der Waals surface area (Å²) in [7, 11) is 0. The highest BCUT2D eigenvalue weighted by molar-refractivity contribution is 6.35. The lowest BCUT2D eigenvalue weighted by molar-refractivity contribution is -0.141. The molecule has 2 N–H and O–H groups in total. The number of nitrogens with one attached hydrogen (secondary N) is 2. The van der Waals surface area contributed by atoms with E-state index in [4.69, 9.17) is 23.2 Å². The standard InChI is InChI=1S/C16H22Cl2N2O2/c1-4-8-19-14(21)16(2,3)15(22)20-9-7-11-5-6-12(17)10-13(11)18/h5-6,10H,4,7-9H2,1-3H3,(H,19,21)(H,20,22). The maximum Gasteiger partial charge on any atom is 0.235 e. The summed E-state index contributed by atoms with van der Waals surface area (Å²) in [4.78, 5) is 24.2. The number of carbonyl (C=O) groups is 2. The van der Waals surface area contributed by atoms with Gasteiger partial charge in [0.1, 0.15) is 5.41 Å². The van der Waals surface area contributed by atoms with E-state index in [1.165, 1.54) is 0 Å². The van der Waals surface area contributed by atoms with E-state index in [0.29, 0.717) is 29.6 Å². The second-order valence-corrected chi connectivity index (χ2v) is 6.47. The van der Waals surface area contributed by atoms with Crippen LogP contribution in [0.2, 0.25) is 10.0 Å². The number of carbonyl (C=O) groups excluding carboxylic acids is 2. The molecule has 0 aliphatic carbocycles. The van der Waals surface area contributed by atoms with Gasteiger partial charge in [0.2, 0.25) is 11.8 Å². The molecule has 0 aliphatic rings. The Bertz CT molecular complexity index is 545. The van der Waals surface area contributed by atoms with Crippen molar-refractivity contribution >= 4 is 35.0 Å². The van der Waals surface area contributed by atoms with Gasteiger partial charge in [0, 0.05) is 23.1 Å². The fraction of sp³-hybridized carbons (Fsp3) is 0.500. The summed E-state index contributed by atoms with van der Waals surface area (Å²) < 4.78 is 0. The zero-order valence-corrected chi connectivity index (χ0v) is 14.6. The molecule has 122 valence electrons. The fourth-order valence-electron chi connectivity index (χ4n) is 1.82. The van der Waals surface area contributed by atoms with Gasteiger partial charge in [-0.2, -0.15) is 0 Å². The monoisotopic (exact) mass is 344 g/mol. The van der Waals surface area contributed by atoms with E-state index in [1.54, 1.807) is 26.0 Å². The molecule has 0 saturated heterocycles. The number of rotatable bonds is 7. The first kappa shape index (κ1) is 18.8. The number of hydrogen-bond acceptors (Lipinski definition) is 2. The summed E-state index contributed by atoms with van der Waals surface area (Å²) in [5.41, 5.74) is -0.196. The van der Waals surface area contributed by atoms with Crippen molar-refractivity contribution in [2.24, 2.45) is 5.41 Å². The molecule has 4 nitrogen and oxygen atoms in total. The molecule has 0 aliphatic heterocycles. The molecule has 22 heavy (non-hydrogen) atoms. The Morgan fingerprint density at radius 1 is 1.09 bits per heavy atom. The van der Waals surface area contributed by atoms with Gasteiger partial charge in [0.05, 0.1) is 0 Å². The SMILES string of the molecule is CCCNC(=O)C(C)(C)C(=O)NCCc1ccc(Cl)cc1Cl. The lowest BCUT2D eigenvalue weighted by Gasteiger charge is -2.22. The van der Waals surface area contributed by atoms with E-state index in [1.807, 2.05) is 13.0 Å². The zero-order chi connectivity index (χ0) is 16.8. The minimum Gasteiger partial charge on any atom is -0.355 e. The average molecular weight is 345 g/mol. The van der Waals surface area contributed by atoms with Crippen LogP contribution in [-0.4, -0.2) is 24.9 Å². The van der Waals surface area contributed by atoms with Crippen molar-refractivity contribution in [1.82, 2.24) is 10.6 Å². The molecular weight excluding hydrogens is 323 g/mol. The fourth-order valence-corrected chi connectivity index (χ4v) is 2.32. The van der Waals surface area contributed by atoms with Gasteiger partial charge in [-0.25, -0.2) is 0 Å². The highest BCUT2D eigenvalue weighted by Crippen LogP contribution is 2.21. The van der Waals surface area contributed by atoms with Gasteiger partial charge in [0.25, 0.3) is 0 Å². The Balaban J connectivity index is 2.53. The number of halogens is 2. The van der Waals surface area contributed by atoms with E-state index < -0.39 is 5.41 Å². The van der Waals surface area contributed by atoms with Crippen LogP contribution in [0.4, 0.5) is 0 Å². The molecule has 0 radical (unpaired) electrons. The van der Waals surface area contributed by atoms with Crippen molar-refractivity contribution in [3.8, 4) is 0 Å². The summed E-state index contributed by atoms with van der Waals surface area (Å²) in [6, 6.07) is 5.26. The second kappa shape index (κ2) is 8.39. The van der Waals surface area contributed by atoms with Gasteiger partial charge in [-0.05, 0) is 44.4 Å². The molecule has 0 aromatic heterocycles. The molecule has 0 unspecified atom stereocenters. The normalized spacial score (nSPS) is 11.1. The van der Waals surface area contributed by atoms with Crippen LogP contribution in [0.15, 0.2) is 18.2 Å². The summed E-state index contributed by atoms with van der Waals surface area (Å²) in [6.07, 6.45) is 1.41. The first-order valence-corrected chi connectivity index (χ1v) is 8.05. The van der Waals surface area contributed by atoms with Crippen LogP contribution < -0.4 is 10.6 Å². The topological polar surface area (TPSA) is 58.2 Å². The maximum atomic E-state index is 12.2. The highest BCUT2D eigenvalue weighted by Gasteiger charge is 2.35. The van der Waals surface area contributed by atoms with E-state index in [0.717, 1.165) is 12.0 Å². The lowest BCUT2D eigenvalue weighted by Crippen LogP contribution is -2.48. The third-order valence-corrected chi connectivity index (χ3v) is 3.95. The molecule has 0 heterocycles. The van der Waals surface area contributed by atoms with Crippen LogP contribution in [0.1, 0.15) is 32.8 Å². The predicted octanol–water partition coefficient (Wildman–Crippen LogP) is 3.20. The van der Waals surface area contributed by atoms with E-state index in [2.05, 4.69) is 10.6 Å². The van der Waals surface area contributed by atoms with E-state index in [9.17, 15) is 9.59 Å². The largest absolute Gasteiger partial charge is 0.355 e. The summed E-state index contributed by atoms with van der Waals surface area (Å²) >= 11 is 11.9. The van der Waals surface area contributed by atoms with Gasteiger partial charge in [-0.3, -0.25) is 9.59 Å². The Labute approximate surface area is 141 Å².